The molecular weight excluding hydrogens is 449 g/mol. The highest BCUT2D eigenvalue weighted by atomic mass is 32.2. The number of carbonyl (C=O) groups excluding carboxylic acids is 1. The Balaban J connectivity index is 1.63. The Morgan fingerprint density at radius 1 is 0.938 bits per heavy atom. The largest absolute Gasteiger partial charge is 0.326 e. The summed E-state index contributed by atoms with van der Waals surface area (Å²) in [4.78, 5) is 15.7. The maximum absolute atomic E-state index is 14.1. The van der Waals surface area contributed by atoms with Crippen LogP contribution >= 0.6 is 11.3 Å². The number of benzene rings is 3. The van der Waals surface area contributed by atoms with Gasteiger partial charge in [0.1, 0.15) is 10.8 Å². The van der Waals surface area contributed by atoms with Crippen molar-refractivity contribution in [1.82, 2.24) is 4.98 Å². The Kier molecular flexibility index (Phi) is 6.02. The zero-order chi connectivity index (χ0) is 22.7. The quantitative estimate of drug-likeness (QED) is 0.399. The molecule has 9 heteroatoms. The predicted molar refractivity (Wildman–Crippen MR) is 124 cm³/mol. The van der Waals surface area contributed by atoms with Crippen molar-refractivity contribution in [1.29, 1.82) is 0 Å². The molecule has 32 heavy (non-hydrogen) atoms. The van der Waals surface area contributed by atoms with Gasteiger partial charge in [-0.1, -0.05) is 30.3 Å². The van der Waals surface area contributed by atoms with Crippen molar-refractivity contribution < 1.29 is 17.6 Å². The highest BCUT2D eigenvalue weighted by molar-refractivity contribution is 7.92. The molecule has 0 aliphatic rings. The summed E-state index contributed by atoms with van der Waals surface area (Å²) in [5.74, 6) is -0.615. The topological polar surface area (TPSA) is 88.2 Å². The Labute approximate surface area is 188 Å². The van der Waals surface area contributed by atoms with Gasteiger partial charge in [-0.05, 0) is 42.5 Å². The van der Waals surface area contributed by atoms with Crippen LogP contribution in [0.15, 0.2) is 83.1 Å². The number of halogens is 1. The van der Waals surface area contributed by atoms with E-state index in [0.29, 0.717) is 33.2 Å². The van der Waals surface area contributed by atoms with Crippen molar-refractivity contribution in [2.24, 2.45) is 0 Å². The molecule has 0 radical (unpaired) electrons. The maximum atomic E-state index is 14.1. The van der Waals surface area contributed by atoms with Crippen LogP contribution in [0.25, 0.3) is 21.8 Å². The molecule has 1 amide bonds. The molecule has 2 N–H and O–H groups in total. The molecule has 0 unspecified atom stereocenters. The summed E-state index contributed by atoms with van der Waals surface area (Å²) in [5.41, 5.74) is 2.35. The van der Waals surface area contributed by atoms with Crippen molar-refractivity contribution >= 4 is 38.6 Å². The summed E-state index contributed by atoms with van der Waals surface area (Å²) in [6.45, 7) is 1.37. The fourth-order valence-corrected chi connectivity index (χ4v) is 5.00. The van der Waals surface area contributed by atoms with E-state index >= 15 is 0 Å². The second-order valence-electron chi connectivity index (χ2n) is 6.87. The molecule has 4 rings (SSSR count). The maximum Gasteiger partial charge on any atom is 0.261 e. The minimum atomic E-state index is -3.89. The molecule has 0 aliphatic heterocycles. The number of para-hydroxylation sites is 1. The van der Waals surface area contributed by atoms with Gasteiger partial charge in [-0.25, -0.2) is 17.8 Å². The number of rotatable bonds is 6. The zero-order valence-corrected chi connectivity index (χ0v) is 18.5. The van der Waals surface area contributed by atoms with Crippen LogP contribution in [-0.4, -0.2) is 19.3 Å². The molecule has 0 fully saturated rings. The zero-order valence-electron chi connectivity index (χ0n) is 16.9. The van der Waals surface area contributed by atoms with Gasteiger partial charge in [0.25, 0.3) is 10.0 Å². The van der Waals surface area contributed by atoms with Gasteiger partial charge in [-0.3, -0.25) is 9.52 Å². The van der Waals surface area contributed by atoms with E-state index in [0.717, 1.165) is 0 Å². The summed E-state index contributed by atoms with van der Waals surface area (Å²) < 4.78 is 42.6. The Hall–Kier alpha value is -3.56. The third-order valence-electron chi connectivity index (χ3n) is 4.54. The highest BCUT2D eigenvalue weighted by Crippen LogP contribution is 2.34. The summed E-state index contributed by atoms with van der Waals surface area (Å²) in [6.07, 6.45) is 0. The molecule has 6 nitrogen and oxygen atoms in total. The fraction of sp³-hybridized carbons (Fsp3) is 0.0435. The van der Waals surface area contributed by atoms with Crippen LogP contribution in [0.3, 0.4) is 0 Å². The van der Waals surface area contributed by atoms with Crippen molar-refractivity contribution in [3.05, 3.63) is 84.0 Å². The lowest BCUT2D eigenvalue weighted by molar-refractivity contribution is -0.114. The van der Waals surface area contributed by atoms with Gasteiger partial charge in [-0.15, -0.1) is 11.3 Å². The van der Waals surface area contributed by atoms with Crippen LogP contribution in [0.5, 0.6) is 0 Å². The third kappa shape index (κ3) is 4.68. The van der Waals surface area contributed by atoms with E-state index in [2.05, 4.69) is 15.0 Å². The SMILES string of the molecule is CC(=O)Nc1ccc(S(=O)(=O)Nc2ccccc2-c2csc(-c3ccccc3F)n2)cc1. The lowest BCUT2D eigenvalue weighted by atomic mass is 10.1. The Morgan fingerprint density at radius 2 is 1.59 bits per heavy atom. The van der Waals surface area contributed by atoms with Crippen LogP contribution in [0, 0.1) is 5.82 Å². The minimum absolute atomic E-state index is 0.0479. The van der Waals surface area contributed by atoms with Crippen molar-refractivity contribution in [2.45, 2.75) is 11.8 Å². The van der Waals surface area contributed by atoms with E-state index in [1.165, 1.54) is 48.6 Å². The standard InChI is InChI=1S/C23H18FN3O3S2/c1-15(28)25-16-10-12-17(13-11-16)32(29,30)27-21-9-5-3-7-19(21)22-14-31-23(26-22)18-6-2-4-8-20(18)24/h2-14,27H,1H3,(H,25,28). The number of sulfonamides is 1. The van der Waals surface area contributed by atoms with Gasteiger partial charge in [-0.2, -0.15) is 0 Å². The molecular formula is C23H18FN3O3S2. The second kappa shape index (κ2) is 8.89. The normalized spacial score (nSPS) is 11.2. The van der Waals surface area contributed by atoms with Gasteiger partial charge >= 0.3 is 0 Å². The lowest BCUT2D eigenvalue weighted by Crippen LogP contribution is -2.14. The van der Waals surface area contributed by atoms with Crippen molar-refractivity contribution in [3.63, 3.8) is 0 Å². The molecule has 0 saturated heterocycles. The first kappa shape index (κ1) is 21.7. The van der Waals surface area contributed by atoms with E-state index in [1.807, 2.05) is 0 Å². The number of anilines is 2. The van der Waals surface area contributed by atoms with Crippen molar-refractivity contribution in [2.75, 3.05) is 10.0 Å². The number of carbonyl (C=O) groups is 1. The van der Waals surface area contributed by atoms with Crippen LogP contribution in [0.2, 0.25) is 0 Å². The lowest BCUT2D eigenvalue weighted by Gasteiger charge is -2.12. The molecule has 3 aromatic carbocycles. The molecule has 162 valence electrons. The smallest absolute Gasteiger partial charge is 0.261 e. The average Bonchev–Trinajstić information content (AvgIpc) is 3.24. The van der Waals surface area contributed by atoms with E-state index in [-0.39, 0.29) is 16.6 Å². The van der Waals surface area contributed by atoms with Crippen molar-refractivity contribution in [3.8, 4) is 21.8 Å². The summed E-state index contributed by atoms with van der Waals surface area (Å²) in [5, 5.41) is 4.86. The number of thiazole rings is 1. The molecule has 0 saturated carbocycles. The van der Waals surface area contributed by atoms with Crippen LogP contribution < -0.4 is 10.0 Å². The first-order valence-corrected chi connectivity index (χ1v) is 11.9. The summed E-state index contributed by atoms with van der Waals surface area (Å²) in [6, 6.07) is 19.1. The number of hydrogen-bond acceptors (Lipinski definition) is 5. The van der Waals surface area contributed by atoms with E-state index in [4.69, 9.17) is 0 Å². The molecule has 0 atom stereocenters. The molecule has 4 aromatic rings. The first-order chi connectivity index (χ1) is 15.3. The molecule has 1 heterocycles. The minimum Gasteiger partial charge on any atom is -0.326 e. The Bertz CT molecular complexity index is 1380. The number of hydrogen-bond donors (Lipinski definition) is 2. The van der Waals surface area contributed by atoms with E-state index < -0.39 is 10.0 Å². The summed E-state index contributed by atoms with van der Waals surface area (Å²) in [7, 11) is -3.89. The van der Waals surface area contributed by atoms with Gasteiger partial charge in [0, 0.05) is 29.1 Å². The number of amides is 1. The van der Waals surface area contributed by atoms with Crippen LogP contribution in [0.4, 0.5) is 15.8 Å². The fourth-order valence-electron chi connectivity index (χ4n) is 3.08. The van der Waals surface area contributed by atoms with E-state index in [9.17, 15) is 17.6 Å². The molecule has 1 aromatic heterocycles. The number of nitrogens with zero attached hydrogens (tertiary/aromatic N) is 1. The van der Waals surface area contributed by atoms with Gasteiger partial charge in [0.05, 0.1) is 16.3 Å². The van der Waals surface area contributed by atoms with Gasteiger partial charge < -0.3 is 5.32 Å². The van der Waals surface area contributed by atoms with Gasteiger partial charge in [0.2, 0.25) is 5.91 Å². The number of aromatic nitrogens is 1. The first-order valence-electron chi connectivity index (χ1n) is 9.54. The number of nitrogens with one attached hydrogen (secondary N) is 2. The predicted octanol–water partition coefficient (Wildman–Crippen LogP) is 5.38. The molecule has 0 bridgehead atoms. The Morgan fingerprint density at radius 3 is 2.28 bits per heavy atom. The van der Waals surface area contributed by atoms with Crippen LogP contribution in [-0.2, 0) is 14.8 Å². The molecule has 0 spiro atoms. The third-order valence-corrected chi connectivity index (χ3v) is 6.80. The van der Waals surface area contributed by atoms with E-state index in [1.54, 1.807) is 47.8 Å². The monoisotopic (exact) mass is 467 g/mol. The second-order valence-corrected chi connectivity index (χ2v) is 9.41. The summed E-state index contributed by atoms with van der Waals surface area (Å²) >= 11 is 1.28. The van der Waals surface area contributed by atoms with Crippen LogP contribution in [0.1, 0.15) is 6.92 Å². The average molecular weight is 468 g/mol. The molecule has 0 aliphatic carbocycles. The highest BCUT2D eigenvalue weighted by Gasteiger charge is 2.18. The van der Waals surface area contributed by atoms with Gasteiger partial charge in [0.15, 0.2) is 0 Å².